The van der Waals surface area contributed by atoms with Gasteiger partial charge in [0.05, 0.1) is 16.3 Å². The first kappa shape index (κ1) is 21.8. The molecule has 3 rings (SSSR count). The first-order chi connectivity index (χ1) is 13.9. The Labute approximate surface area is 176 Å². The number of rotatable bonds is 4. The number of pyridine rings is 2. The fourth-order valence-electron chi connectivity index (χ4n) is 2.91. The van der Waals surface area contributed by atoms with Crippen LogP contribution in [0.25, 0.3) is 11.3 Å². The number of nitrogens with zero attached hydrogens (tertiary/aromatic N) is 2. The predicted octanol–water partition coefficient (Wildman–Crippen LogP) is 4.82. The number of nitrogens with two attached hydrogens (primary N) is 1. The number of anilines is 2. The van der Waals surface area contributed by atoms with Crippen molar-refractivity contribution in [3.05, 3.63) is 64.2 Å². The zero-order valence-corrected chi connectivity index (χ0v) is 17.3. The van der Waals surface area contributed by atoms with Crippen LogP contribution in [0, 0.1) is 13.8 Å². The second-order valence-electron chi connectivity index (χ2n) is 6.49. The van der Waals surface area contributed by atoms with Crippen LogP contribution >= 0.6 is 11.6 Å². The standard InChI is InChI=1S/C19H16ClF3N4O2S/c1-10-5-3-6-11(2)16(10)18-17(20)12(19(21,22)23)9-14(26-18)27-30(28,29)15-8-4-7-13(24)25-15/h3-9H,1-2H3,(H2,24,25)(H,26,27). The highest BCUT2D eigenvalue weighted by Gasteiger charge is 2.36. The van der Waals surface area contributed by atoms with Gasteiger partial charge in [0, 0.05) is 5.56 Å². The van der Waals surface area contributed by atoms with Crippen LogP contribution in [0.15, 0.2) is 47.5 Å². The summed E-state index contributed by atoms with van der Waals surface area (Å²) in [6, 6.07) is 9.57. The van der Waals surface area contributed by atoms with Crippen LogP contribution in [0.4, 0.5) is 24.8 Å². The molecule has 0 saturated heterocycles. The molecule has 0 aliphatic carbocycles. The Morgan fingerprint density at radius 2 is 1.63 bits per heavy atom. The van der Waals surface area contributed by atoms with Gasteiger partial charge in [-0.05, 0) is 43.2 Å². The fraction of sp³-hybridized carbons (Fsp3) is 0.158. The van der Waals surface area contributed by atoms with Crippen LogP contribution < -0.4 is 10.5 Å². The molecule has 0 unspecified atom stereocenters. The monoisotopic (exact) mass is 456 g/mol. The van der Waals surface area contributed by atoms with Gasteiger partial charge in [-0.15, -0.1) is 0 Å². The van der Waals surface area contributed by atoms with Gasteiger partial charge in [-0.1, -0.05) is 35.9 Å². The highest BCUT2D eigenvalue weighted by Crippen LogP contribution is 2.42. The van der Waals surface area contributed by atoms with E-state index < -0.39 is 37.6 Å². The average Bonchev–Trinajstić information content (AvgIpc) is 2.62. The lowest BCUT2D eigenvalue weighted by Gasteiger charge is -2.17. The normalized spacial score (nSPS) is 12.1. The smallest absolute Gasteiger partial charge is 0.384 e. The van der Waals surface area contributed by atoms with Gasteiger partial charge >= 0.3 is 6.18 Å². The third-order valence-corrected chi connectivity index (χ3v) is 5.88. The largest absolute Gasteiger partial charge is 0.418 e. The highest BCUT2D eigenvalue weighted by molar-refractivity contribution is 7.92. The lowest BCUT2D eigenvalue weighted by molar-refractivity contribution is -0.137. The van der Waals surface area contributed by atoms with Crippen molar-refractivity contribution in [2.45, 2.75) is 25.0 Å². The lowest BCUT2D eigenvalue weighted by atomic mass is 9.98. The molecule has 3 N–H and O–H groups in total. The molecule has 2 heterocycles. The summed E-state index contributed by atoms with van der Waals surface area (Å²) in [6.07, 6.45) is -4.83. The third kappa shape index (κ3) is 4.34. The first-order valence-corrected chi connectivity index (χ1v) is 10.4. The van der Waals surface area contributed by atoms with Gasteiger partial charge in [0.15, 0.2) is 5.03 Å². The Balaban J connectivity index is 2.21. The van der Waals surface area contributed by atoms with Gasteiger partial charge in [-0.25, -0.2) is 9.97 Å². The van der Waals surface area contributed by atoms with Gasteiger partial charge < -0.3 is 5.73 Å². The Kier molecular flexibility index (Phi) is 5.66. The van der Waals surface area contributed by atoms with Gasteiger partial charge in [-0.3, -0.25) is 4.72 Å². The maximum absolute atomic E-state index is 13.6. The quantitative estimate of drug-likeness (QED) is 0.586. The van der Waals surface area contributed by atoms with Gasteiger partial charge in [0.2, 0.25) is 0 Å². The average molecular weight is 457 g/mol. The topological polar surface area (TPSA) is 98.0 Å². The number of benzene rings is 1. The van der Waals surface area contributed by atoms with E-state index in [1.54, 1.807) is 32.0 Å². The van der Waals surface area contributed by atoms with Crippen molar-refractivity contribution in [3.8, 4) is 11.3 Å². The zero-order valence-electron chi connectivity index (χ0n) is 15.7. The molecule has 0 aliphatic rings. The van der Waals surface area contributed by atoms with Gasteiger partial charge in [0.1, 0.15) is 11.6 Å². The molecule has 0 spiro atoms. The summed E-state index contributed by atoms with van der Waals surface area (Å²) >= 11 is 6.06. The maximum Gasteiger partial charge on any atom is 0.418 e. The number of aryl methyl sites for hydroxylation is 2. The Hall–Kier alpha value is -2.85. The van der Waals surface area contributed by atoms with E-state index in [1.165, 1.54) is 12.1 Å². The molecule has 11 heteroatoms. The van der Waals surface area contributed by atoms with Crippen molar-refractivity contribution in [3.63, 3.8) is 0 Å². The molecule has 158 valence electrons. The van der Waals surface area contributed by atoms with Crippen LogP contribution in [0.2, 0.25) is 5.02 Å². The van der Waals surface area contributed by atoms with E-state index in [4.69, 9.17) is 17.3 Å². The Morgan fingerprint density at radius 1 is 1.03 bits per heavy atom. The Morgan fingerprint density at radius 3 is 2.20 bits per heavy atom. The summed E-state index contributed by atoms with van der Waals surface area (Å²) in [5.74, 6) is -0.609. The summed E-state index contributed by atoms with van der Waals surface area (Å²) in [6.45, 7) is 3.39. The van der Waals surface area contributed by atoms with E-state index in [9.17, 15) is 21.6 Å². The van der Waals surface area contributed by atoms with E-state index in [2.05, 4.69) is 9.97 Å². The van der Waals surface area contributed by atoms with Crippen LogP contribution in [0.1, 0.15) is 16.7 Å². The first-order valence-electron chi connectivity index (χ1n) is 8.50. The van der Waals surface area contributed by atoms with E-state index in [0.717, 1.165) is 6.07 Å². The minimum Gasteiger partial charge on any atom is -0.384 e. The number of halogens is 4. The van der Waals surface area contributed by atoms with E-state index in [-0.39, 0.29) is 11.5 Å². The summed E-state index contributed by atoms with van der Waals surface area (Å²) in [7, 11) is -4.34. The Bertz CT molecular complexity index is 1210. The summed E-state index contributed by atoms with van der Waals surface area (Å²) in [5, 5.41) is -1.08. The van der Waals surface area contributed by atoms with Crippen LogP contribution in [-0.4, -0.2) is 18.4 Å². The van der Waals surface area contributed by atoms with Crippen molar-refractivity contribution in [2.75, 3.05) is 10.5 Å². The molecule has 3 aromatic rings. The number of sulfonamides is 1. The minimum absolute atomic E-state index is 0.0610. The number of nitrogen functional groups attached to an aromatic ring is 1. The third-order valence-electron chi connectivity index (χ3n) is 4.24. The van der Waals surface area contributed by atoms with Crippen molar-refractivity contribution < 1.29 is 21.6 Å². The number of aromatic nitrogens is 2. The van der Waals surface area contributed by atoms with Crippen molar-refractivity contribution in [1.29, 1.82) is 0 Å². The molecule has 1 aromatic carbocycles. The second-order valence-corrected chi connectivity index (χ2v) is 8.50. The molecular weight excluding hydrogens is 441 g/mol. The van der Waals surface area contributed by atoms with Gasteiger partial charge in [-0.2, -0.15) is 21.6 Å². The molecule has 0 radical (unpaired) electrons. The predicted molar refractivity (Wildman–Crippen MR) is 109 cm³/mol. The second kappa shape index (κ2) is 7.77. The van der Waals surface area contributed by atoms with E-state index in [1.807, 2.05) is 4.72 Å². The number of alkyl halides is 3. The molecule has 6 nitrogen and oxygen atoms in total. The molecule has 0 fully saturated rings. The number of nitrogens with one attached hydrogen (secondary N) is 1. The summed E-state index contributed by atoms with van der Waals surface area (Å²) < 4.78 is 68.1. The molecule has 0 saturated carbocycles. The fourth-order valence-corrected chi connectivity index (χ4v) is 4.18. The van der Waals surface area contributed by atoms with Crippen LogP contribution in [-0.2, 0) is 16.2 Å². The van der Waals surface area contributed by atoms with Crippen molar-refractivity contribution >= 4 is 33.3 Å². The summed E-state index contributed by atoms with van der Waals surface area (Å²) in [5.41, 5.74) is 5.76. The molecule has 0 amide bonds. The van der Waals surface area contributed by atoms with Crippen molar-refractivity contribution in [2.24, 2.45) is 0 Å². The molecule has 0 atom stereocenters. The highest BCUT2D eigenvalue weighted by atomic mass is 35.5. The van der Waals surface area contributed by atoms with E-state index in [0.29, 0.717) is 22.8 Å². The summed E-state index contributed by atoms with van der Waals surface area (Å²) in [4.78, 5) is 7.78. The van der Waals surface area contributed by atoms with E-state index >= 15 is 0 Å². The molecular formula is C19H16ClF3N4O2S. The van der Waals surface area contributed by atoms with Crippen LogP contribution in [0.5, 0.6) is 0 Å². The number of hydrogen-bond donors (Lipinski definition) is 2. The van der Waals surface area contributed by atoms with Crippen molar-refractivity contribution in [1.82, 2.24) is 9.97 Å². The number of hydrogen-bond acceptors (Lipinski definition) is 5. The van der Waals surface area contributed by atoms with Crippen LogP contribution in [0.3, 0.4) is 0 Å². The lowest BCUT2D eigenvalue weighted by Crippen LogP contribution is -2.17. The molecule has 0 aliphatic heterocycles. The molecule has 0 bridgehead atoms. The zero-order chi connectivity index (χ0) is 22.3. The maximum atomic E-state index is 13.6. The molecule has 30 heavy (non-hydrogen) atoms. The SMILES string of the molecule is Cc1cccc(C)c1-c1nc(NS(=O)(=O)c2cccc(N)n2)cc(C(F)(F)F)c1Cl. The van der Waals surface area contributed by atoms with Gasteiger partial charge in [0.25, 0.3) is 10.0 Å². The minimum atomic E-state index is -4.83. The molecule has 2 aromatic heterocycles.